The van der Waals surface area contributed by atoms with Gasteiger partial charge in [-0.15, -0.1) is 0 Å². The van der Waals surface area contributed by atoms with E-state index in [1.807, 2.05) is 0 Å². The van der Waals surface area contributed by atoms with Gasteiger partial charge in [-0.05, 0) is 24.7 Å². The fourth-order valence-corrected chi connectivity index (χ4v) is 3.00. The predicted octanol–water partition coefficient (Wildman–Crippen LogP) is 2.80. The van der Waals surface area contributed by atoms with E-state index in [1.54, 1.807) is 0 Å². The van der Waals surface area contributed by atoms with E-state index in [0.717, 1.165) is 25.7 Å². The standard InChI is InChI=1S/C11H19F2N/c1-8-2-4-9(5-3-8)10(7-14)6-11(10,12)13/h8-9H,2-7,14H2,1H3. The largest absolute Gasteiger partial charge is 0.330 e. The van der Waals surface area contributed by atoms with E-state index in [2.05, 4.69) is 6.92 Å². The summed E-state index contributed by atoms with van der Waals surface area (Å²) >= 11 is 0. The SMILES string of the molecule is CC1CCC(C2(CN)CC2(F)F)CC1. The molecular formula is C11H19F2N. The molecule has 0 bridgehead atoms. The highest BCUT2D eigenvalue weighted by Crippen LogP contribution is 2.66. The second-order valence-electron chi connectivity index (χ2n) is 5.20. The number of rotatable bonds is 2. The lowest BCUT2D eigenvalue weighted by molar-refractivity contribution is 0.0285. The summed E-state index contributed by atoms with van der Waals surface area (Å²) in [6.07, 6.45) is 4.14. The van der Waals surface area contributed by atoms with E-state index in [0.29, 0.717) is 5.92 Å². The zero-order valence-electron chi connectivity index (χ0n) is 8.73. The molecule has 2 aliphatic carbocycles. The van der Waals surface area contributed by atoms with E-state index in [-0.39, 0.29) is 18.9 Å². The number of hydrogen-bond acceptors (Lipinski definition) is 1. The average molecular weight is 203 g/mol. The molecule has 2 aliphatic rings. The van der Waals surface area contributed by atoms with Crippen LogP contribution in [0.1, 0.15) is 39.0 Å². The number of alkyl halides is 2. The molecule has 0 spiro atoms. The van der Waals surface area contributed by atoms with Gasteiger partial charge in [0.1, 0.15) is 0 Å². The highest BCUT2D eigenvalue weighted by molar-refractivity contribution is 5.14. The van der Waals surface area contributed by atoms with Crippen molar-refractivity contribution < 1.29 is 8.78 Å². The van der Waals surface area contributed by atoms with Gasteiger partial charge in [0.05, 0.1) is 5.41 Å². The van der Waals surface area contributed by atoms with Crippen molar-refractivity contribution in [2.24, 2.45) is 23.0 Å². The first-order chi connectivity index (χ1) is 6.52. The van der Waals surface area contributed by atoms with Crippen LogP contribution in [0.4, 0.5) is 8.78 Å². The minimum Gasteiger partial charge on any atom is -0.330 e. The Kier molecular flexibility index (Phi) is 2.33. The summed E-state index contributed by atoms with van der Waals surface area (Å²) in [5.41, 5.74) is 4.72. The Morgan fingerprint density at radius 1 is 1.21 bits per heavy atom. The van der Waals surface area contributed by atoms with Crippen molar-refractivity contribution in [1.29, 1.82) is 0 Å². The van der Waals surface area contributed by atoms with Crippen molar-refractivity contribution in [3.63, 3.8) is 0 Å². The van der Waals surface area contributed by atoms with Crippen molar-refractivity contribution in [2.75, 3.05) is 6.54 Å². The molecule has 0 aromatic carbocycles. The summed E-state index contributed by atoms with van der Waals surface area (Å²) in [5, 5.41) is 0. The van der Waals surface area contributed by atoms with E-state index < -0.39 is 11.3 Å². The van der Waals surface area contributed by atoms with Gasteiger partial charge in [-0.2, -0.15) is 0 Å². The Morgan fingerprint density at radius 2 is 1.71 bits per heavy atom. The van der Waals surface area contributed by atoms with Crippen molar-refractivity contribution >= 4 is 0 Å². The van der Waals surface area contributed by atoms with Gasteiger partial charge in [0, 0.05) is 13.0 Å². The topological polar surface area (TPSA) is 26.0 Å². The molecule has 3 heteroatoms. The Labute approximate surface area is 84.0 Å². The molecule has 2 fully saturated rings. The molecular weight excluding hydrogens is 184 g/mol. The summed E-state index contributed by atoms with van der Waals surface area (Å²) in [6, 6.07) is 0. The van der Waals surface area contributed by atoms with Gasteiger partial charge < -0.3 is 5.73 Å². The Balaban J connectivity index is 2.01. The summed E-state index contributed by atoms with van der Waals surface area (Å²) in [6.45, 7) is 2.37. The molecule has 0 amide bonds. The van der Waals surface area contributed by atoms with Crippen molar-refractivity contribution in [1.82, 2.24) is 0 Å². The van der Waals surface area contributed by atoms with E-state index >= 15 is 0 Å². The molecule has 2 N–H and O–H groups in total. The lowest BCUT2D eigenvalue weighted by atomic mass is 9.74. The summed E-state index contributed by atoms with van der Waals surface area (Å²) in [5.74, 6) is -1.57. The van der Waals surface area contributed by atoms with Gasteiger partial charge in [0.25, 0.3) is 5.92 Å². The molecule has 1 nitrogen and oxygen atoms in total. The minimum atomic E-state index is -2.47. The second-order valence-corrected chi connectivity index (χ2v) is 5.20. The van der Waals surface area contributed by atoms with Crippen LogP contribution in [-0.4, -0.2) is 12.5 Å². The molecule has 1 atom stereocenters. The zero-order chi connectivity index (χ0) is 10.4. The van der Waals surface area contributed by atoms with Crippen LogP contribution in [-0.2, 0) is 0 Å². The molecule has 1 unspecified atom stereocenters. The van der Waals surface area contributed by atoms with Crippen molar-refractivity contribution in [3.8, 4) is 0 Å². The molecule has 82 valence electrons. The smallest absolute Gasteiger partial charge is 0.256 e. The van der Waals surface area contributed by atoms with E-state index in [9.17, 15) is 8.78 Å². The summed E-state index contributed by atoms with van der Waals surface area (Å²) in [7, 11) is 0. The summed E-state index contributed by atoms with van der Waals surface area (Å²) < 4.78 is 26.5. The number of nitrogens with two attached hydrogens (primary N) is 1. The zero-order valence-corrected chi connectivity index (χ0v) is 8.73. The van der Waals surface area contributed by atoms with Crippen LogP contribution in [0, 0.1) is 17.3 Å². The van der Waals surface area contributed by atoms with Crippen LogP contribution >= 0.6 is 0 Å². The first-order valence-corrected chi connectivity index (χ1v) is 5.60. The number of hydrogen-bond donors (Lipinski definition) is 1. The first-order valence-electron chi connectivity index (χ1n) is 5.60. The monoisotopic (exact) mass is 203 g/mol. The number of halogens is 2. The van der Waals surface area contributed by atoms with Crippen LogP contribution in [0.5, 0.6) is 0 Å². The normalized spacial score (nSPS) is 46.3. The molecule has 0 saturated heterocycles. The van der Waals surface area contributed by atoms with Gasteiger partial charge in [-0.3, -0.25) is 0 Å². The van der Waals surface area contributed by atoms with Crippen LogP contribution in [0.25, 0.3) is 0 Å². The lowest BCUT2D eigenvalue weighted by Gasteiger charge is -2.32. The van der Waals surface area contributed by atoms with Crippen LogP contribution in [0.3, 0.4) is 0 Å². The molecule has 0 radical (unpaired) electrons. The quantitative estimate of drug-likeness (QED) is 0.733. The van der Waals surface area contributed by atoms with Crippen molar-refractivity contribution in [2.45, 2.75) is 45.0 Å². The molecule has 2 saturated carbocycles. The molecule has 0 heterocycles. The van der Waals surface area contributed by atoms with Gasteiger partial charge in [0.2, 0.25) is 0 Å². The van der Waals surface area contributed by atoms with Crippen LogP contribution < -0.4 is 5.73 Å². The third-order valence-electron chi connectivity index (χ3n) is 4.30. The van der Waals surface area contributed by atoms with Gasteiger partial charge in [0.15, 0.2) is 0 Å². The van der Waals surface area contributed by atoms with Crippen LogP contribution in [0.15, 0.2) is 0 Å². The maximum atomic E-state index is 13.3. The fourth-order valence-electron chi connectivity index (χ4n) is 3.00. The average Bonchev–Trinajstić information content (AvgIpc) is 2.71. The highest BCUT2D eigenvalue weighted by atomic mass is 19.3. The maximum Gasteiger partial charge on any atom is 0.256 e. The summed E-state index contributed by atoms with van der Waals surface area (Å²) in [4.78, 5) is 0. The maximum absolute atomic E-state index is 13.3. The third-order valence-corrected chi connectivity index (χ3v) is 4.30. The Morgan fingerprint density at radius 3 is 2.07 bits per heavy atom. The third kappa shape index (κ3) is 1.37. The molecule has 14 heavy (non-hydrogen) atoms. The Bertz CT molecular complexity index is 221. The van der Waals surface area contributed by atoms with Crippen molar-refractivity contribution in [3.05, 3.63) is 0 Å². The molecule has 0 aromatic rings. The highest BCUT2D eigenvalue weighted by Gasteiger charge is 2.72. The van der Waals surface area contributed by atoms with Gasteiger partial charge in [-0.1, -0.05) is 19.8 Å². The van der Waals surface area contributed by atoms with E-state index in [1.165, 1.54) is 0 Å². The lowest BCUT2D eigenvalue weighted by Crippen LogP contribution is -2.33. The minimum absolute atomic E-state index is 0.0372. The van der Waals surface area contributed by atoms with Gasteiger partial charge in [-0.25, -0.2) is 8.78 Å². The molecule has 0 aromatic heterocycles. The van der Waals surface area contributed by atoms with E-state index in [4.69, 9.17) is 5.73 Å². The molecule has 2 rings (SSSR count). The van der Waals surface area contributed by atoms with Gasteiger partial charge >= 0.3 is 0 Å². The fraction of sp³-hybridized carbons (Fsp3) is 1.00. The predicted molar refractivity (Wildman–Crippen MR) is 52.2 cm³/mol. The van der Waals surface area contributed by atoms with Crippen LogP contribution in [0.2, 0.25) is 0 Å². The molecule has 0 aliphatic heterocycles. The first kappa shape index (κ1) is 10.3. The Hall–Kier alpha value is -0.180. The second kappa shape index (κ2) is 3.16.